The molecule has 67 valence electrons. The Morgan fingerprint density at radius 3 is 2.36 bits per heavy atom. The molecule has 2 nitrogen and oxygen atoms in total. The Morgan fingerprint density at radius 2 is 1.91 bits per heavy atom. The Morgan fingerprint density at radius 1 is 1.27 bits per heavy atom. The first kappa shape index (κ1) is 10.9. The molecular weight excluding hydrogens is 138 g/mol. The smallest absolute Gasteiger partial charge is 0.108 e. The van der Waals surface area contributed by atoms with Gasteiger partial charge in [-0.2, -0.15) is 0 Å². The highest BCUT2D eigenvalue weighted by atomic mass is 16.3. The number of rotatable bonds is 6. The molecule has 2 N–H and O–H groups in total. The van der Waals surface area contributed by atoms with Crippen molar-refractivity contribution >= 4 is 0 Å². The quantitative estimate of drug-likeness (QED) is 0.591. The van der Waals surface area contributed by atoms with Crippen LogP contribution in [0.4, 0.5) is 0 Å². The maximum atomic E-state index is 11.2. The van der Waals surface area contributed by atoms with E-state index in [2.05, 4.69) is 6.92 Å². The van der Waals surface area contributed by atoms with Crippen molar-refractivity contribution in [3.05, 3.63) is 0 Å². The maximum absolute atomic E-state index is 11.2. The Labute approximate surface area is 69.8 Å². The summed E-state index contributed by atoms with van der Waals surface area (Å²) < 4.78 is 0. The van der Waals surface area contributed by atoms with Crippen LogP contribution in [0.3, 0.4) is 0 Å². The molecule has 11 heavy (non-hydrogen) atoms. The monoisotopic (exact) mass is 158 g/mol. The van der Waals surface area contributed by atoms with E-state index in [1.165, 1.54) is 6.42 Å². The van der Waals surface area contributed by atoms with Gasteiger partial charge in [0.2, 0.25) is 0 Å². The zero-order valence-electron chi connectivity index (χ0n) is 7.68. The third-order valence-corrected chi connectivity index (χ3v) is 2.04. The Bertz CT molecular complexity index is 85.6. The van der Waals surface area contributed by atoms with Crippen LogP contribution in [0.15, 0.2) is 0 Å². The van der Waals surface area contributed by atoms with E-state index in [-0.39, 0.29) is 6.04 Å². The highest BCUT2D eigenvalue weighted by molar-refractivity contribution is 4.69. The van der Waals surface area contributed by atoms with Crippen LogP contribution in [0, 0.1) is 0 Å². The van der Waals surface area contributed by atoms with Crippen LogP contribution in [0.5, 0.6) is 0 Å². The van der Waals surface area contributed by atoms with E-state index < -0.39 is 6.10 Å². The second-order valence-electron chi connectivity index (χ2n) is 3.11. The van der Waals surface area contributed by atoms with Crippen LogP contribution in [0.2, 0.25) is 0 Å². The highest BCUT2D eigenvalue weighted by Gasteiger charge is 2.13. The fraction of sp³-hybridized carbons (Fsp3) is 1.00. The molecule has 1 radical (unpaired) electrons. The van der Waals surface area contributed by atoms with Crippen LogP contribution in [-0.4, -0.2) is 12.1 Å². The molecule has 0 rings (SSSR count). The molecular formula is C9H20NO. The van der Waals surface area contributed by atoms with Gasteiger partial charge in [-0.3, -0.25) is 0 Å². The lowest BCUT2D eigenvalue weighted by Crippen LogP contribution is -2.32. The van der Waals surface area contributed by atoms with Crippen LogP contribution < -0.4 is 5.73 Å². The molecule has 0 amide bonds. The van der Waals surface area contributed by atoms with Crippen LogP contribution in [-0.2, 0) is 5.11 Å². The topological polar surface area (TPSA) is 45.9 Å². The third-order valence-electron chi connectivity index (χ3n) is 2.04. The molecule has 0 aliphatic carbocycles. The molecule has 0 bridgehead atoms. The first-order valence-electron chi connectivity index (χ1n) is 4.63. The molecule has 2 unspecified atom stereocenters. The third kappa shape index (κ3) is 5.22. The minimum atomic E-state index is -0.536. The maximum Gasteiger partial charge on any atom is 0.108 e. The predicted octanol–water partition coefficient (Wildman–Crippen LogP) is 2.10. The van der Waals surface area contributed by atoms with E-state index in [9.17, 15) is 5.11 Å². The van der Waals surface area contributed by atoms with E-state index >= 15 is 0 Å². The molecule has 0 aromatic carbocycles. The van der Waals surface area contributed by atoms with Crippen molar-refractivity contribution in [1.82, 2.24) is 0 Å². The summed E-state index contributed by atoms with van der Waals surface area (Å²) in [6.45, 7) is 4.11. The first-order chi connectivity index (χ1) is 5.22. The normalized spacial score (nSPS) is 16.4. The summed E-state index contributed by atoms with van der Waals surface area (Å²) in [6.07, 6.45) is 4.40. The fourth-order valence-corrected chi connectivity index (χ4v) is 1.07. The summed E-state index contributed by atoms with van der Waals surface area (Å²) in [5.74, 6) is 0. The average molecular weight is 158 g/mol. The van der Waals surface area contributed by atoms with Gasteiger partial charge >= 0.3 is 0 Å². The fourth-order valence-electron chi connectivity index (χ4n) is 1.07. The van der Waals surface area contributed by atoms with Gasteiger partial charge in [0.1, 0.15) is 6.10 Å². The van der Waals surface area contributed by atoms with Gasteiger partial charge in [0.25, 0.3) is 0 Å². The van der Waals surface area contributed by atoms with Gasteiger partial charge in [0.05, 0.1) is 0 Å². The molecule has 0 saturated heterocycles. The molecule has 2 atom stereocenters. The molecule has 0 aliphatic heterocycles. The van der Waals surface area contributed by atoms with E-state index in [4.69, 9.17) is 5.73 Å². The predicted molar refractivity (Wildman–Crippen MR) is 46.9 cm³/mol. The molecule has 0 saturated carbocycles. The van der Waals surface area contributed by atoms with E-state index in [1.807, 2.05) is 6.92 Å². The van der Waals surface area contributed by atoms with Crippen LogP contribution >= 0.6 is 0 Å². The lowest BCUT2D eigenvalue weighted by molar-refractivity contribution is 0.0552. The van der Waals surface area contributed by atoms with E-state index in [0.29, 0.717) is 0 Å². The van der Waals surface area contributed by atoms with Crippen molar-refractivity contribution in [2.45, 2.75) is 58.1 Å². The van der Waals surface area contributed by atoms with Crippen molar-refractivity contribution in [2.75, 3.05) is 0 Å². The molecule has 0 aliphatic rings. The minimum Gasteiger partial charge on any atom is -0.325 e. The molecule has 0 aromatic heterocycles. The lowest BCUT2D eigenvalue weighted by atomic mass is 10.0. The van der Waals surface area contributed by atoms with Crippen molar-refractivity contribution in [3.63, 3.8) is 0 Å². The summed E-state index contributed by atoms with van der Waals surface area (Å²) in [7, 11) is 0. The minimum absolute atomic E-state index is 0.133. The summed E-state index contributed by atoms with van der Waals surface area (Å²) >= 11 is 0. The van der Waals surface area contributed by atoms with Gasteiger partial charge in [-0.1, -0.05) is 33.1 Å². The lowest BCUT2D eigenvalue weighted by Gasteiger charge is -2.13. The van der Waals surface area contributed by atoms with Crippen molar-refractivity contribution in [3.8, 4) is 0 Å². The Balaban J connectivity index is 3.28. The second-order valence-corrected chi connectivity index (χ2v) is 3.11. The van der Waals surface area contributed by atoms with Crippen molar-refractivity contribution in [1.29, 1.82) is 0 Å². The van der Waals surface area contributed by atoms with Crippen molar-refractivity contribution < 1.29 is 5.11 Å². The number of unbranched alkanes of at least 4 members (excludes halogenated alkanes) is 2. The van der Waals surface area contributed by atoms with Gasteiger partial charge in [-0.05, 0) is 12.8 Å². The van der Waals surface area contributed by atoms with Gasteiger partial charge in [0.15, 0.2) is 0 Å². The van der Waals surface area contributed by atoms with Crippen LogP contribution in [0.25, 0.3) is 0 Å². The second kappa shape index (κ2) is 6.62. The average Bonchev–Trinajstić information content (AvgIpc) is 2.03. The SMILES string of the molecule is CCCCCC([O])C(N)CC. The summed E-state index contributed by atoms with van der Waals surface area (Å²) in [5, 5.41) is 11.2. The Hall–Kier alpha value is -0.0800. The van der Waals surface area contributed by atoms with Gasteiger partial charge < -0.3 is 5.73 Å². The van der Waals surface area contributed by atoms with Crippen molar-refractivity contribution in [2.24, 2.45) is 5.73 Å². The van der Waals surface area contributed by atoms with E-state index in [1.54, 1.807) is 0 Å². The highest BCUT2D eigenvalue weighted by Crippen LogP contribution is 2.07. The zero-order valence-corrected chi connectivity index (χ0v) is 7.68. The summed E-state index contributed by atoms with van der Waals surface area (Å²) in [5.41, 5.74) is 5.59. The number of nitrogens with two attached hydrogens (primary N) is 1. The molecule has 0 spiro atoms. The van der Waals surface area contributed by atoms with Gasteiger partial charge in [-0.15, -0.1) is 0 Å². The number of hydrogen-bond donors (Lipinski definition) is 1. The zero-order chi connectivity index (χ0) is 8.69. The standard InChI is InChI=1S/C9H20NO/c1-3-5-6-7-9(11)8(10)4-2/h8-9H,3-7,10H2,1-2H3. The molecule has 0 fully saturated rings. The summed E-state index contributed by atoms with van der Waals surface area (Å²) in [6, 6.07) is -0.133. The largest absolute Gasteiger partial charge is 0.325 e. The Kier molecular flexibility index (Phi) is 6.57. The number of hydrogen-bond acceptors (Lipinski definition) is 1. The van der Waals surface area contributed by atoms with Gasteiger partial charge in [-0.25, -0.2) is 5.11 Å². The van der Waals surface area contributed by atoms with E-state index in [0.717, 1.165) is 25.7 Å². The molecule has 0 heterocycles. The summed E-state index contributed by atoms with van der Waals surface area (Å²) in [4.78, 5) is 0. The van der Waals surface area contributed by atoms with Gasteiger partial charge in [0, 0.05) is 6.04 Å². The molecule has 0 aromatic rings. The molecule has 2 heteroatoms. The van der Waals surface area contributed by atoms with Crippen LogP contribution in [0.1, 0.15) is 46.0 Å². The first-order valence-corrected chi connectivity index (χ1v) is 4.63.